The molecular weight excluding hydrogens is 327 g/mol. The Morgan fingerprint density at radius 2 is 1.68 bits per heavy atom. The molecule has 2 N–H and O–H groups in total. The van der Waals surface area contributed by atoms with Crippen LogP contribution in [0.2, 0.25) is 10.0 Å². The lowest BCUT2D eigenvalue weighted by Crippen LogP contribution is -2.19. The fraction of sp³-hybridized carbons (Fsp3) is 0.133. The highest BCUT2D eigenvalue weighted by atomic mass is 35.5. The fourth-order valence-electron chi connectivity index (χ4n) is 1.79. The lowest BCUT2D eigenvalue weighted by molar-refractivity contribution is 0.262. The maximum absolute atomic E-state index is 12.0. The Bertz CT molecular complexity index is 692. The van der Waals surface area contributed by atoms with Gasteiger partial charge in [0.2, 0.25) is 0 Å². The molecule has 0 radical (unpaired) electrons. The molecule has 0 aliphatic carbocycles. The van der Waals surface area contributed by atoms with Crippen LogP contribution in [0.25, 0.3) is 0 Å². The van der Waals surface area contributed by atoms with E-state index in [-0.39, 0.29) is 0 Å². The predicted molar refractivity (Wildman–Crippen MR) is 88.6 cm³/mol. The number of rotatable bonds is 4. The minimum atomic E-state index is -0.434. The number of halogens is 2. The number of anilines is 2. The van der Waals surface area contributed by atoms with Crippen molar-refractivity contribution in [2.75, 3.05) is 24.9 Å². The first kappa shape index (κ1) is 16.3. The van der Waals surface area contributed by atoms with Gasteiger partial charge in [0.05, 0.1) is 24.9 Å². The lowest BCUT2D eigenvalue weighted by atomic mass is 10.2. The molecule has 0 unspecified atom stereocenters. The first-order chi connectivity index (χ1) is 10.5. The van der Waals surface area contributed by atoms with E-state index in [1.165, 1.54) is 7.11 Å². The van der Waals surface area contributed by atoms with Crippen LogP contribution < -0.4 is 20.1 Å². The number of urea groups is 1. The van der Waals surface area contributed by atoms with E-state index in [9.17, 15) is 4.79 Å². The first-order valence-corrected chi connectivity index (χ1v) is 7.04. The SMILES string of the molecule is COc1ccc(NC(=O)Nc2ccc(Cl)cc2Cl)cc1OC. The number of amides is 2. The molecule has 22 heavy (non-hydrogen) atoms. The second kappa shape index (κ2) is 7.24. The van der Waals surface area contributed by atoms with Gasteiger partial charge in [-0.15, -0.1) is 0 Å². The van der Waals surface area contributed by atoms with Crippen LogP contribution in [0.4, 0.5) is 16.2 Å². The van der Waals surface area contributed by atoms with Crippen molar-refractivity contribution in [2.45, 2.75) is 0 Å². The Morgan fingerprint density at radius 3 is 2.32 bits per heavy atom. The summed E-state index contributed by atoms with van der Waals surface area (Å²) in [4.78, 5) is 12.0. The van der Waals surface area contributed by atoms with Crippen LogP contribution in [-0.2, 0) is 0 Å². The van der Waals surface area contributed by atoms with Crippen molar-refractivity contribution in [1.29, 1.82) is 0 Å². The van der Waals surface area contributed by atoms with E-state index in [1.807, 2.05) is 0 Å². The molecule has 2 aromatic carbocycles. The van der Waals surface area contributed by atoms with Gasteiger partial charge < -0.3 is 20.1 Å². The lowest BCUT2D eigenvalue weighted by Gasteiger charge is -2.12. The van der Waals surface area contributed by atoms with Gasteiger partial charge in [-0.2, -0.15) is 0 Å². The number of hydrogen-bond donors (Lipinski definition) is 2. The quantitative estimate of drug-likeness (QED) is 0.851. The van der Waals surface area contributed by atoms with Crippen molar-refractivity contribution >= 4 is 40.6 Å². The third kappa shape index (κ3) is 3.96. The predicted octanol–water partition coefficient (Wildman–Crippen LogP) is 4.65. The molecule has 0 bridgehead atoms. The van der Waals surface area contributed by atoms with Crippen molar-refractivity contribution in [2.24, 2.45) is 0 Å². The molecule has 0 fully saturated rings. The summed E-state index contributed by atoms with van der Waals surface area (Å²) in [6.45, 7) is 0. The molecule has 2 amide bonds. The highest BCUT2D eigenvalue weighted by molar-refractivity contribution is 6.36. The fourth-order valence-corrected chi connectivity index (χ4v) is 2.25. The largest absolute Gasteiger partial charge is 0.493 e. The maximum atomic E-state index is 12.0. The molecule has 0 heterocycles. The summed E-state index contributed by atoms with van der Waals surface area (Å²) in [7, 11) is 3.06. The molecule has 5 nitrogen and oxygen atoms in total. The van der Waals surface area contributed by atoms with Crippen LogP contribution in [0.5, 0.6) is 11.5 Å². The number of hydrogen-bond acceptors (Lipinski definition) is 3. The van der Waals surface area contributed by atoms with E-state index in [0.717, 1.165) is 0 Å². The van der Waals surface area contributed by atoms with Crippen molar-refractivity contribution in [3.05, 3.63) is 46.4 Å². The van der Waals surface area contributed by atoms with Crippen LogP contribution in [-0.4, -0.2) is 20.3 Å². The van der Waals surface area contributed by atoms with Gasteiger partial charge >= 0.3 is 6.03 Å². The topological polar surface area (TPSA) is 59.6 Å². The summed E-state index contributed by atoms with van der Waals surface area (Å²) in [6, 6.07) is 9.43. The second-order valence-corrected chi connectivity index (χ2v) is 5.12. The summed E-state index contributed by atoms with van der Waals surface area (Å²) < 4.78 is 10.3. The molecular formula is C15H14Cl2N2O3. The Hall–Kier alpha value is -2.11. The van der Waals surface area contributed by atoms with Crippen molar-refractivity contribution < 1.29 is 14.3 Å². The third-order valence-corrected chi connectivity index (χ3v) is 3.37. The van der Waals surface area contributed by atoms with Gasteiger partial charge in [-0.25, -0.2) is 4.79 Å². The summed E-state index contributed by atoms with van der Waals surface area (Å²) >= 11 is 11.8. The standard InChI is InChI=1S/C15H14Cl2N2O3/c1-21-13-6-4-10(8-14(13)22-2)18-15(20)19-12-5-3-9(16)7-11(12)17/h3-8H,1-2H3,(H2,18,19,20). The van der Waals surface area contributed by atoms with E-state index in [2.05, 4.69) is 10.6 Å². The number of carbonyl (C=O) groups excluding carboxylic acids is 1. The van der Waals surface area contributed by atoms with Gasteiger partial charge in [0.1, 0.15) is 0 Å². The smallest absolute Gasteiger partial charge is 0.323 e. The van der Waals surface area contributed by atoms with E-state index < -0.39 is 6.03 Å². The number of methoxy groups -OCH3 is 2. The van der Waals surface area contributed by atoms with Gasteiger partial charge in [0.25, 0.3) is 0 Å². The zero-order chi connectivity index (χ0) is 16.1. The minimum Gasteiger partial charge on any atom is -0.493 e. The van der Waals surface area contributed by atoms with Crippen LogP contribution in [0, 0.1) is 0 Å². The normalized spacial score (nSPS) is 10.0. The van der Waals surface area contributed by atoms with Gasteiger partial charge in [-0.3, -0.25) is 0 Å². The van der Waals surface area contributed by atoms with Crippen LogP contribution in [0.1, 0.15) is 0 Å². The molecule has 0 atom stereocenters. The van der Waals surface area contributed by atoms with Crippen molar-refractivity contribution in [1.82, 2.24) is 0 Å². The monoisotopic (exact) mass is 340 g/mol. The molecule has 7 heteroatoms. The number of ether oxygens (including phenoxy) is 2. The molecule has 0 saturated heterocycles. The van der Waals surface area contributed by atoms with Crippen LogP contribution >= 0.6 is 23.2 Å². The molecule has 0 aliphatic rings. The molecule has 2 rings (SSSR count). The number of benzene rings is 2. The van der Waals surface area contributed by atoms with Gasteiger partial charge in [0, 0.05) is 16.8 Å². The molecule has 0 saturated carbocycles. The molecule has 0 spiro atoms. The van der Waals surface area contributed by atoms with Crippen LogP contribution in [0.15, 0.2) is 36.4 Å². The summed E-state index contributed by atoms with van der Waals surface area (Å²) in [5.41, 5.74) is 1.02. The Labute approximate surface area is 138 Å². The number of nitrogens with one attached hydrogen (secondary N) is 2. The summed E-state index contributed by atoms with van der Waals surface area (Å²) in [5, 5.41) is 6.17. The van der Waals surface area contributed by atoms with E-state index in [1.54, 1.807) is 43.5 Å². The average Bonchev–Trinajstić information content (AvgIpc) is 2.50. The highest BCUT2D eigenvalue weighted by Crippen LogP contribution is 2.30. The molecule has 2 aromatic rings. The zero-order valence-corrected chi connectivity index (χ0v) is 13.5. The maximum Gasteiger partial charge on any atom is 0.323 e. The third-order valence-electron chi connectivity index (χ3n) is 2.82. The number of carbonyl (C=O) groups is 1. The van der Waals surface area contributed by atoms with E-state index in [0.29, 0.717) is 32.9 Å². The van der Waals surface area contributed by atoms with E-state index >= 15 is 0 Å². The van der Waals surface area contributed by atoms with Gasteiger partial charge in [0.15, 0.2) is 11.5 Å². The van der Waals surface area contributed by atoms with Crippen LogP contribution in [0.3, 0.4) is 0 Å². The van der Waals surface area contributed by atoms with E-state index in [4.69, 9.17) is 32.7 Å². The molecule has 0 aromatic heterocycles. The summed E-state index contributed by atoms with van der Waals surface area (Å²) in [5.74, 6) is 1.10. The molecule has 0 aliphatic heterocycles. The summed E-state index contributed by atoms with van der Waals surface area (Å²) in [6.07, 6.45) is 0. The first-order valence-electron chi connectivity index (χ1n) is 6.28. The minimum absolute atomic E-state index is 0.356. The Kier molecular flexibility index (Phi) is 5.35. The van der Waals surface area contributed by atoms with Crippen molar-refractivity contribution in [3.8, 4) is 11.5 Å². The van der Waals surface area contributed by atoms with Gasteiger partial charge in [-0.05, 0) is 30.3 Å². The average molecular weight is 341 g/mol. The Morgan fingerprint density at radius 1 is 0.955 bits per heavy atom. The molecule has 116 valence electrons. The highest BCUT2D eigenvalue weighted by Gasteiger charge is 2.09. The van der Waals surface area contributed by atoms with Crippen molar-refractivity contribution in [3.63, 3.8) is 0 Å². The Balaban J connectivity index is 2.08. The van der Waals surface area contributed by atoms with Gasteiger partial charge in [-0.1, -0.05) is 23.2 Å². The zero-order valence-electron chi connectivity index (χ0n) is 11.9. The second-order valence-electron chi connectivity index (χ2n) is 4.27.